The average molecular weight is 345 g/mol. The molecule has 8 heteroatoms. The van der Waals surface area contributed by atoms with Crippen molar-refractivity contribution in [1.82, 2.24) is 24.9 Å². The maximum Gasteiger partial charge on any atom is 0.275 e. The summed E-state index contributed by atoms with van der Waals surface area (Å²) >= 11 is 0. The Labute approximate surface area is 146 Å². The maximum atomic E-state index is 12.0. The van der Waals surface area contributed by atoms with Gasteiger partial charge >= 0.3 is 0 Å². The van der Waals surface area contributed by atoms with Gasteiger partial charge in [-0.05, 0) is 19.5 Å². The normalized spacial score (nSPS) is 21.1. The molecule has 2 aliphatic rings. The summed E-state index contributed by atoms with van der Waals surface area (Å²) in [6.45, 7) is 3.75. The summed E-state index contributed by atoms with van der Waals surface area (Å²) in [5.74, 6) is -1.08. The van der Waals surface area contributed by atoms with Crippen molar-refractivity contribution in [2.24, 2.45) is 0 Å². The monoisotopic (exact) mass is 345 g/mol. The predicted molar refractivity (Wildman–Crippen MR) is 93.5 cm³/mol. The van der Waals surface area contributed by atoms with Crippen molar-refractivity contribution in [3.8, 4) is 5.75 Å². The van der Waals surface area contributed by atoms with Gasteiger partial charge in [0.05, 0.1) is 12.2 Å². The summed E-state index contributed by atoms with van der Waals surface area (Å²) < 4.78 is 1.52. The molecular weight excluding hydrogens is 322 g/mol. The lowest BCUT2D eigenvalue weighted by Gasteiger charge is -2.39. The fourth-order valence-electron chi connectivity index (χ4n) is 3.15. The molecule has 8 nitrogen and oxygen atoms in total. The van der Waals surface area contributed by atoms with Crippen LogP contribution in [0, 0.1) is 0 Å². The third-order valence-electron chi connectivity index (χ3n) is 4.65. The van der Waals surface area contributed by atoms with Crippen LogP contribution in [0.4, 0.5) is 0 Å². The molecule has 1 aliphatic carbocycles. The molecule has 0 aromatic carbocycles. The topological polar surface area (TPSA) is 90.7 Å². The summed E-state index contributed by atoms with van der Waals surface area (Å²) in [6.07, 6.45) is 8.05. The van der Waals surface area contributed by atoms with E-state index in [0.717, 1.165) is 31.9 Å². The Hall–Kier alpha value is -2.61. The number of piperazine rings is 1. The van der Waals surface area contributed by atoms with Gasteiger partial charge in [0.1, 0.15) is 0 Å². The zero-order chi connectivity index (χ0) is 18.0. The lowest BCUT2D eigenvalue weighted by atomic mass is 10.0. The number of likely N-dealkylation sites (N-methyl/N-ethyl adjacent to an activating group) is 1. The van der Waals surface area contributed by atoms with E-state index in [1.165, 1.54) is 17.9 Å². The van der Waals surface area contributed by atoms with Crippen LogP contribution in [0.2, 0.25) is 0 Å². The van der Waals surface area contributed by atoms with Gasteiger partial charge in [0.2, 0.25) is 0 Å². The molecule has 3 rings (SSSR count). The average Bonchev–Trinajstić information content (AvgIpc) is 2.64. The minimum atomic E-state index is -0.757. The van der Waals surface area contributed by atoms with Crippen LogP contribution in [0.15, 0.2) is 34.9 Å². The molecule has 1 aliphatic heterocycles. The number of carbonyl (C=O) groups is 1. The van der Waals surface area contributed by atoms with Crippen LogP contribution in [0.3, 0.4) is 0 Å². The van der Waals surface area contributed by atoms with Crippen LogP contribution in [-0.2, 0) is 0 Å². The van der Waals surface area contributed by atoms with Crippen LogP contribution in [0.5, 0.6) is 5.75 Å². The van der Waals surface area contributed by atoms with E-state index in [1.54, 1.807) is 0 Å². The predicted octanol–water partition coefficient (Wildman–Crippen LogP) is -0.0592. The molecule has 0 radical (unpaired) electrons. The largest absolute Gasteiger partial charge is 0.503 e. The van der Waals surface area contributed by atoms with Crippen molar-refractivity contribution in [2.45, 2.75) is 12.5 Å². The first-order chi connectivity index (χ1) is 12.0. The molecule has 0 saturated carbocycles. The van der Waals surface area contributed by atoms with E-state index in [0.29, 0.717) is 6.42 Å². The van der Waals surface area contributed by atoms with Crippen LogP contribution >= 0.6 is 0 Å². The first-order valence-electron chi connectivity index (χ1n) is 8.36. The lowest BCUT2D eigenvalue weighted by Crippen LogP contribution is -2.45. The minimum absolute atomic E-state index is 0.164. The van der Waals surface area contributed by atoms with Crippen molar-refractivity contribution in [1.29, 1.82) is 0 Å². The molecule has 1 atom stereocenters. The third-order valence-corrected chi connectivity index (χ3v) is 4.65. The number of allylic oxidation sites excluding steroid dienone is 4. The highest BCUT2D eigenvalue weighted by atomic mass is 16.3. The molecule has 1 aromatic rings. The Morgan fingerprint density at radius 1 is 1.32 bits per heavy atom. The summed E-state index contributed by atoms with van der Waals surface area (Å²) in [5, 5.41) is 16.6. The van der Waals surface area contributed by atoms with Crippen LogP contribution in [0.25, 0.3) is 0 Å². The lowest BCUT2D eigenvalue weighted by molar-refractivity contribution is 0.0952. The van der Waals surface area contributed by atoms with Gasteiger partial charge in [-0.25, -0.2) is 0 Å². The number of carbonyl (C=O) groups excluding carboxylic acids is 1. The number of nitrogens with one attached hydrogen (secondary N) is 1. The molecule has 0 spiro atoms. The number of aromatic hydroxyl groups is 1. The van der Waals surface area contributed by atoms with E-state index in [-0.39, 0.29) is 11.7 Å². The SMILES string of the molecule is CNC(=O)c1nn(C2CC=CC=C2N2CCN(C)CC2)cc(O)c1=O. The van der Waals surface area contributed by atoms with E-state index in [2.05, 4.69) is 27.3 Å². The van der Waals surface area contributed by atoms with E-state index in [1.807, 2.05) is 18.2 Å². The van der Waals surface area contributed by atoms with Crippen molar-refractivity contribution >= 4 is 5.91 Å². The van der Waals surface area contributed by atoms with E-state index in [9.17, 15) is 14.7 Å². The van der Waals surface area contributed by atoms with Gasteiger partial charge in [0.15, 0.2) is 11.4 Å². The van der Waals surface area contributed by atoms with E-state index >= 15 is 0 Å². The summed E-state index contributed by atoms with van der Waals surface area (Å²) in [6, 6.07) is -0.164. The quantitative estimate of drug-likeness (QED) is 0.798. The van der Waals surface area contributed by atoms with E-state index in [4.69, 9.17) is 0 Å². The molecule has 1 fully saturated rings. The number of rotatable bonds is 3. The van der Waals surface area contributed by atoms with Gasteiger partial charge in [-0.1, -0.05) is 12.2 Å². The van der Waals surface area contributed by atoms with Crippen LogP contribution in [0.1, 0.15) is 23.0 Å². The molecule has 25 heavy (non-hydrogen) atoms. The molecule has 0 bridgehead atoms. The van der Waals surface area contributed by atoms with Gasteiger partial charge in [0, 0.05) is 38.9 Å². The van der Waals surface area contributed by atoms with Gasteiger partial charge < -0.3 is 20.2 Å². The standard InChI is InChI=1S/C17H23N5O3/c1-18-17(25)15-16(24)14(23)11-22(19-15)13-6-4-3-5-12(13)21-9-7-20(2)8-10-21/h3-5,11,13,23H,6-10H2,1-2H3,(H,18,25). The second kappa shape index (κ2) is 7.10. The summed E-state index contributed by atoms with van der Waals surface area (Å²) in [5.41, 5.74) is 0.0239. The fraction of sp³-hybridized carbons (Fsp3) is 0.471. The number of hydrogen-bond donors (Lipinski definition) is 2. The molecular formula is C17H23N5O3. The van der Waals surface area contributed by atoms with Gasteiger partial charge in [-0.3, -0.25) is 14.3 Å². The van der Waals surface area contributed by atoms with Crippen molar-refractivity contribution in [3.05, 3.63) is 46.0 Å². The Morgan fingerprint density at radius 3 is 2.72 bits per heavy atom. The highest BCUT2D eigenvalue weighted by Crippen LogP contribution is 2.29. The summed E-state index contributed by atoms with van der Waals surface area (Å²) in [4.78, 5) is 28.5. The zero-order valence-corrected chi connectivity index (χ0v) is 14.5. The maximum absolute atomic E-state index is 12.0. The van der Waals surface area contributed by atoms with Gasteiger partial charge in [0.25, 0.3) is 11.3 Å². The fourth-order valence-corrected chi connectivity index (χ4v) is 3.15. The van der Waals surface area contributed by atoms with Crippen LogP contribution < -0.4 is 10.7 Å². The second-order valence-corrected chi connectivity index (χ2v) is 6.31. The Bertz CT molecular complexity index is 775. The minimum Gasteiger partial charge on any atom is -0.503 e. The second-order valence-electron chi connectivity index (χ2n) is 6.31. The number of hydrogen-bond acceptors (Lipinski definition) is 6. The van der Waals surface area contributed by atoms with Crippen molar-refractivity contribution < 1.29 is 9.90 Å². The van der Waals surface area contributed by atoms with E-state index < -0.39 is 17.1 Å². The number of amides is 1. The number of aromatic nitrogens is 2. The Morgan fingerprint density at radius 2 is 2.04 bits per heavy atom. The molecule has 134 valence electrons. The van der Waals surface area contributed by atoms with Gasteiger partial charge in [-0.2, -0.15) is 5.10 Å². The van der Waals surface area contributed by atoms with Crippen molar-refractivity contribution in [2.75, 3.05) is 40.3 Å². The first-order valence-corrected chi connectivity index (χ1v) is 8.36. The van der Waals surface area contributed by atoms with Crippen LogP contribution in [-0.4, -0.2) is 70.9 Å². The molecule has 1 aromatic heterocycles. The van der Waals surface area contributed by atoms with Crippen molar-refractivity contribution in [3.63, 3.8) is 0 Å². The molecule has 1 saturated heterocycles. The first kappa shape index (κ1) is 17.2. The molecule has 2 N–H and O–H groups in total. The Balaban J connectivity index is 1.96. The highest BCUT2D eigenvalue weighted by Gasteiger charge is 2.27. The van der Waals surface area contributed by atoms with Gasteiger partial charge in [-0.15, -0.1) is 0 Å². The zero-order valence-electron chi connectivity index (χ0n) is 14.5. The summed E-state index contributed by atoms with van der Waals surface area (Å²) in [7, 11) is 3.53. The third kappa shape index (κ3) is 3.43. The Kier molecular flexibility index (Phi) is 4.89. The molecule has 1 amide bonds. The smallest absolute Gasteiger partial charge is 0.275 e. The molecule has 1 unspecified atom stereocenters. The number of nitrogens with zero attached hydrogens (tertiary/aromatic N) is 4. The molecule has 2 heterocycles. The highest BCUT2D eigenvalue weighted by molar-refractivity contribution is 5.92.